The molecule has 0 aliphatic heterocycles. The molecule has 1 aromatic carbocycles. The van der Waals surface area contributed by atoms with Crippen molar-refractivity contribution in [3.8, 4) is 6.07 Å². The maximum Gasteiger partial charge on any atom is 0.0747 e. The largest absolute Gasteiger partial charge is 0.383 e. The molecule has 1 atom stereocenters. The maximum absolute atomic E-state index is 8.99. The van der Waals surface area contributed by atoms with E-state index in [2.05, 4.69) is 49.5 Å². The molecule has 1 N–H and O–H groups in total. The van der Waals surface area contributed by atoms with Crippen molar-refractivity contribution in [2.24, 2.45) is 5.41 Å². The van der Waals surface area contributed by atoms with Crippen LogP contribution in [0, 0.1) is 16.7 Å². The molecule has 2 heteroatoms. The number of hydrogen-bond donors (Lipinski definition) is 1. The molecule has 1 saturated carbocycles. The summed E-state index contributed by atoms with van der Waals surface area (Å²) in [6.45, 7) is 5.24. The van der Waals surface area contributed by atoms with Gasteiger partial charge in [0, 0.05) is 12.2 Å². The van der Waals surface area contributed by atoms with Gasteiger partial charge >= 0.3 is 0 Å². The van der Waals surface area contributed by atoms with Crippen molar-refractivity contribution in [3.05, 3.63) is 29.8 Å². The van der Waals surface area contributed by atoms with Crippen LogP contribution in [-0.2, 0) is 0 Å². The lowest BCUT2D eigenvalue weighted by molar-refractivity contribution is 0.710. The highest BCUT2D eigenvalue weighted by Crippen LogP contribution is 2.44. The summed E-state index contributed by atoms with van der Waals surface area (Å²) in [7, 11) is 0. The number of nitrogens with zero attached hydrogens (tertiary/aromatic N) is 1. The lowest BCUT2D eigenvalue weighted by atomic mass is 9.98. The van der Waals surface area contributed by atoms with Gasteiger partial charge < -0.3 is 5.32 Å². The van der Waals surface area contributed by atoms with Crippen LogP contribution in [0.25, 0.3) is 0 Å². The second kappa shape index (κ2) is 4.79. The van der Waals surface area contributed by atoms with E-state index >= 15 is 0 Å². The minimum Gasteiger partial charge on any atom is -0.383 e. The van der Waals surface area contributed by atoms with Crippen LogP contribution in [0.2, 0.25) is 0 Å². The fourth-order valence-electron chi connectivity index (χ4n) is 1.92. The van der Waals surface area contributed by atoms with Crippen LogP contribution in [0.1, 0.15) is 44.6 Å². The fraction of sp³-hybridized carbons (Fsp3) is 0.533. The first kappa shape index (κ1) is 12.0. The van der Waals surface area contributed by atoms with E-state index in [1.807, 2.05) is 0 Å². The monoisotopic (exact) mass is 228 g/mol. The SMILES string of the molecule is CCC(C)c1ccc(NCC2(C#N)CC2)cc1. The molecule has 1 unspecified atom stereocenters. The smallest absolute Gasteiger partial charge is 0.0747 e. The highest BCUT2D eigenvalue weighted by molar-refractivity contribution is 5.46. The third-order valence-electron chi connectivity index (χ3n) is 3.81. The van der Waals surface area contributed by atoms with E-state index < -0.39 is 0 Å². The molecule has 2 rings (SSSR count). The van der Waals surface area contributed by atoms with E-state index in [0.717, 1.165) is 25.1 Å². The number of nitrogens with one attached hydrogen (secondary N) is 1. The van der Waals surface area contributed by atoms with E-state index in [1.54, 1.807) is 0 Å². The molecule has 0 heterocycles. The normalized spacial score (nSPS) is 18.2. The molecular weight excluding hydrogens is 208 g/mol. The second-order valence-electron chi connectivity index (χ2n) is 5.18. The fourth-order valence-corrected chi connectivity index (χ4v) is 1.92. The number of benzene rings is 1. The van der Waals surface area contributed by atoms with Crippen LogP contribution < -0.4 is 5.32 Å². The first-order valence-electron chi connectivity index (χ1n) is 6.44. The molecule has 17 heavy (non-hydrogen) atoms. The van der Waals surface area contributed by atoms with Gasteiger partial charge in [0.15, 0.2) is 0 Å². The highest BCUT2D eigenvalue weighted by atomic mass is 14.9. The Labute approximate surface area is 104 Å². The zero-order valence-electron chi connectivity index (χ0n) is 10.7. The lowest BCUT2D eigenvalue weighted by Gasteiger charge is -2.12. The van der Waals surface area contributed by atoms with Gasteiger partial charge in [-0.1, -0.05) is 26.0 Å². The minimum absolute atomic E-state index is 0.0740. The zero-order chi connectivity index (χ0) is 12.3. The highest BCUT2D eigenvalue weighted by Gasteiger charge is 2.42. The van der Waals surface area contributed by atoms with Gasteiger partial charge in [0.25, 0.3) is 0 Å². The Hall–Kier alpha value is -1.49. The van der Waals surface area contributed by atoms with Crippen LogP contribution in [0.3, 0.4) is 0 Å². The summed E-state index contributed by atoms with van der Waals surface area (Å²) >= 11 is 0. The molecule has 1 fully saturated rings. The van der Waals surface area contributed by atoms with Crippen molar-refractivity contribution in [1.29, 1.82) is 5.26 Å². The molecule has 0 saturated heterocycles. The van der Waals surface area contributed by atoms with Crippen LogP contribution in [0.15, 0.2) is 24.3 Å². The van der Waals surface area contributed by atoms with Gasteiger partial charge in [0.2, 0.25) is 0 Å². The Kier molecular flexibility index (Phi) is 3.38. The molecule has 0 radical (unpaired) electrons. The lowest BCUT2D eigenvalue weighted by Crippen LogP contribution is -2.13. The van der Waals surface area contributed by atoms with Gasteiger partial charge in [-0.05, 0) is 42.9 Å². The van der Waals surface area contributed by atoms with E-state index in [-0.39, 0.29) is 5.41 Å². The Morgan fingerprint density at radius 2 is 2.00 bits per heavy atom. The Bertz CT molecular complexity index is 410. The quantitative estimate of drug-likeness (QED) is 0.829. The number of hydrogen-bond acceptors (Lipinski definition) is 2. The molecular formula is C15H20N2. The van der Waals surface area contributed by atoms with Crippen molar-refractivity contribution in [3.63, 3.8) is 0 Å². The number of anilines is 1. The van der Waals surface area contributed by atoms with Crippen LogP contribution in [0.4, 0.5) is 5.69 Å². The predicted molar refractivity (Wildman–Crippen MR) is 70.9 cm³/mol. The Morgan fingerprint density at radius 3 is 2.47 bits per heavy atom. The standard InChI is InChI=1S/C15H20N2/c1-3-12(2)13-4-6-14(7-5-13)17-11-15(10-16)8-9-15/h4-7,12,17H,3,8-9,11H2,1-2H3. The molecule has 90 valence electrons. The zero-order valence-corrected chi connectivity index (χ0v) is 10.7. The molecule has 0 amide bonds. The van der Waals surface area contributed by atoms with Crippen molar-refractivity contribution in [1.82, 2.24) is 0 Å². The third-order valence-corrected chi connectivity index (χ3v) is 3.81. The first-order valence-corrected chi connectivity index (χ1v) is 6.44. The first-order chi connectivity index (χ1) is 8.19. The summed E-state index contributed by atoms with van der Waals surface area (Å²) < 4.78 is 0. The summed E-state index contributed by atoms with van der Waals surface area (Å²) in [6.07, 6.45) is 3.26. The predicted octanol–water partition coefficient (Wildman–Crippen LogP) is 3.92. The van der Waals surface area contributed by atoms with Gasteiger partial charge in [-0.2, -0.15) is 5.26 Å². The Balaban J connectivity index is 1.92. The van der Waals surface area contributed by atoms with Crippen molar-refractivity contribution < 1.29 is 0 Å². The van der Waals surface area contributed by atoms with E-state index in [1.165, 1.54) is 12.0 Å². The minimum atomic E-state index is -0.0740. The van der Waals surface area contributed by atoms with E-state index in [0.29, 0.717) is 5.92 Å². The van der Waals surface area contributed by atoms with Gasteiger partial charge in [-0.15, -0.1) is 0 Å². The Morgan fingerprint density at radius 1 is 1.35 bits per heavy atom. The van der Waals surface area contributed by atoms with Crippen molar-refractivity contribution >= 4 is 5.69 Å². The van der Waals surface area contributed by atoms with Crippen molar-refractivity contribution in [2.75, 3.05) is 11.9 Å². The molecule has 0 bridgehead atoms. The topological polar surface area (TPSA) is 35.8 Å². The number of rotatable bonds is 5. The maximum atomic E-state index is 8.99. The molecule has 0 spiro atoms. The average molecular weight is 228 g/mol. The van der Waals surface area contributed by atoms with Gasteiger partial charge in [-0.3, -0.25) is 0 Å². The average Bonchev–Trinajstić information content (AvgIpc) is 3.17. The van der Waals surface area contributed by atoms with E-state index in [4.69, 9.17) is 5.26 Å². The third kappa shape index (κ3) is 2.79. The molecule has 1 aliphatic rings. The summed E-state index contributed by atoms with van der Waals surface area (Å²) in [5, 5.41) is 12.4. The van der Waals surface area contributed by atoms with Crippen LogP contribution in [0.5, 0.6) is 0 Å². The molecule has 1 aromatic rings. The van der Waals surface area contributed by atoms with E-state index in [9.17, 15) is 0 Å². The summed E-state index contributed by atoms with van der Waals surface area (Å²) in [5.74, 6) is 0.623. The second-order valence-corrected chi connectivity index (χ2v) is 5.18. The molecule has 2 nitrogen and oxygen atoms in total. The van der Waals surface area contributed by atoms with Gasteiger partial charge in [0.05, 0.1) is 11.5 Å². The molecule has 1 aliphatic carbocycles. The van der Waals surface area contributed by atoms with Crippen LogP contribution in [-0.4, -0.2) is 6.54 Å². The summed E-state index contributed by atoms with van der Waals surface area (Å²) in [4.78, 5) is 0. The number of nitriles is 1. The van der Waals surface area contributed by atoms with Gasteiger partial charge in [-0.25, -0.2) is 0 Å². The van der Waals surface area contributed by atoms with Crippen molar-refractivity contribution in [2.45, 2.75) is 39.0 Å². The van der Waals surface area contributed by atoms with Crippen LogP contribution >= 0.6 is 0 Å². The summed E-state index contributed by atoms with van der Waals surface area (Å²) in [5.41, 5.74) is 2.44. The van der Waals surface area contributed by atoms with Gasteiger partial charge in [0.1, 0.15) is 0 Å². The molecule has 0 aromatic heterocycles. The summed E-state index contributed by atoms with van der Waals surface area (Å²) in [6, 6.07) is 11.0.